The van der Waals surface area contributed by atoms with Crippen LogP contribution in [-0.4, -0.2) is 22.7 Å². The number of amides is 1. The number of fused-ring (bicyclic) bond motifs is 1. The Balaban J connectivity index is 1.85. The minimum absolute atomic E-state index is 0.123. The molecule has 0 saturated heterocycles. The second kappa shape index (κ2) is 4.42. The standard InChI is InChI=1S/C14H15N3O2/c1-8-13(9(2)17-16-8)15-14(18)11-3-4-12-10(7-11)5-6-19-12/h3-4,7H,5-6H2,1-2H3,(H,15,18)(H,16,17). The Bertz CT molecular complexity index is 627. The lowest BCUT2D eigenvalue weighted by atomic mass is 10.1. The first-order valence-electron chi connectivity index (χ1n) is 6.24. The molecule has 1 aliphatic heterocycles. The van der Waals surface area contributed by atoms with Crippen LogP contribution in [0.25, 0.3) is 0 Å². The summed E-state index contributed by atoms with van der Waals surface area (Å²) in [6.45, 7) is 4.43. The minimum Gasteiger partial charge on any atom is -0.493 e. The lowest BCUT2D eigenvalue weighted by Crippen LogP contribution is -2.13. The van der Waals surface area contributed by atoms with E-state index in [9.17, 15) is 4.79 Å². The number of aromatic amines is 1. The molecule has 1 aromatic carbocycles. The molecule has 1 aromatic heterocycles. The zero-order chi connectivity index (χ0) is 13.4. The molecular weight excluding hydrogens is 242 g/mol. The average molecular weight is 257 g/mol. The number of hydrogen-bond donors (Lipinski definition) is 2. The topological polar surface area (TPSA) is 67.0 Å². The molecule has 5 heteroatoms. The van der Waals surface area contributed by atoms with E-state index in [1.807, 2.05) is 26.0 Å². The number of hydrogen-bond acceptors (Lipinski definition) is 3. The van der Waals surface area contributed by atoms with Crippen LogP contribution < -0.4 is 10.1 Å². The van der Waals surface area contributed by atoms with Crippen molar-refractivity contribution in [2.75, 3.05) is 11.9 Å². The molecule has 5 nitrogen and oxygen atoms in total. The van der Waals surface area contributed by atoms with E-state index in [-0.39, 0.29) is 5.91 Å². The highest BCUT2D eigenvalue weighted by atomic mass is 16.5. The van der Waals surface area contributed by atoms with Gasteiger partial charge in [0, 0.05) is 12.0 Å². The van der Waals surface area contributed by atoms with E-state index in [0.29, 0.717) is 12.2 Å². The predicted octanol–water partition coefficient (Wildman–Crippen LogP) is 2.21. The molecule has 1 aliphatic rings. The normalized spacial score (nSPS) is 12.9. The largest absolute Gasteiger partial charge is 0.493 e. The third-order valence-electron chi connectivity index (χ3n) is 3.32. The Morgan fingerprint density at radius 2 is 2.26 bits per heavy atom. The van der Waals surface area contributed by atoms with Crippen molar-refractivity contribution in [3.63, 3.8) is 0 Å². The summed E-state index contributed by atoms with van der Waals surface area (Å²) in [6, 6.07) is 5.53. The summed E-state index contributed by atoms with van der Waals surface area (Å²) < 4.78 is 5.43. The first-order valence-corrected chi connectivity index (χ1v) is 6.24. The lowest BCUT2D eigenvalue weighted by molar-refractivity contribution is 0.102. The third kappa shape index (κ3) is 2.07. The maximum atomic E-state index is 12.2. The highest BCUT2D eigenvalue weighted by Crippen LogP contribution is 2.26. The Labute approximate surface area is 111 Å². The van der Waals surface area contributed by atoms with E-state index >= 15 is 0 Å². The van der Waals surface area contributed by atoms with E-state index in [0.717, 1.165) is 34.8 Å². The summed E-state index contributed by atoms with van der Waals surface area (Å²) in [5, 5.41) is 9.80. The summed E-state index contributed by atoms with van der Waals surface area (Å²) in [6.07, 6.45) is 0.861. The minimum atomic E-state index is -0.123. The van der Waals surface area contributed by atoms with Crippen LogP contribution in [0.4, 0.5) is 5.69 Å². The van der Waals surface area contributed by atoms with Crippen molar-refractivity contribution in [1.82, 2.24) is 10.2 Å². The van der Waals surface area contributed by atoms with Gasteiger partial charge in [-0.25, -0.2) is 0 Å². The fraction of sp³-hybridized carbons (Fsp3) is 0.286. The maximum absolute atomic E-state index is 12.2. The number of aromatic nitrogens is 2. The maximum Gasteiger partial charge on any atom is 0.255 e. The molecule has 0 unspecified atom stereocenters. The van der Waals surface area contributed by atoms with Gasteiger partial charge in [-0.15, -0.1) is 0 Å². The predicted molar refractivity (Wildman–Crippen MR) is 71.7 cm³/mol. The Kier molecular flexibility index (Phi) is 2.74. The number of carbonyl (C=O) groups is 1. The van der Waals surface area contributed by atoms with Crippen molar-refractivity contribution < 1.29 is 9.53 Å². The van der Waals surface area contributed by atoms with E-state index < -0.39 is 0 Å². The van der Waals surface area contributed by atoms with Gasteiger partial charge in [0.05, 0.1) is 23.7 Å². The van der Waals surface area contributed by atoms with Crippen molar-refractivity contribution in [3.8, 4) is 5.75 Å². The second-order valence-electron chi connectivity index (χ2n) is 4.68. The first-order chi connectivity index (χ1) is 9.15. The average Bonchev–Trinajstić information content (AvgIpc) is 2.99. The van der Waals surface area contributed by atoms with Gasteiger partial charge in [0.1, 0.15) is 5.75 Å². The molecule has 1 amide bonds. The second-order valence-corrected chi connectivity index (χ2v) is 4.68. The lowest BCUT2D eigenvalue weighted by Gasteiger charge is -2.06. The van der Waals surface area contributed by atoms with Crippen LogP contribution in [0, 0.1) is 13.8 Å². The van der Waals surface area contributed by atoms with Crippen molar-refractivity contribution in [2.24, 2.45) is 0 Å². The molecule has 2 heterocycles. The Hall–Kier alpha value is -2.30. The van der Waals surface area contributed by atoms with E-state index in [4.69, 9.17) is 4.74 Å². The molecule has 0 fully saturated rings. The molecule has 98 valence electrons. The number of rotatable bonds is 2. The van der Waals surface area contributed by atoms with Crippen LogP contribution >= 0.6 is 0 Å². The van der Waals surface area contributed by atoms with Gasteiger partial charge in [0.15, 0.2) is 0 Å². The van der Waals surface area contributed by atoms with Gasteiger partial charge in [-0.05, 0) is 37.6 Å². The number of H-pyrrole nitrogens is 1. The quantitative estimate of drug-likeness (QED) is 0.866. The number of benzene rings is 1. The molecule has 3 rings (SSSR count). The molecule has 0 bridgehead atoms. The van der Waals surface area contributed by atoms with Crippen molar-refractivity contribution in [1.29, 1.82) is 0 Å². The Morgan fingerprint density at radius 3 is 3.00 bits per heavy atom. The molecule has 19 heavy (non-hydrogen) atoms. The van der Waals surface area contributed by atoms with Crippen LogP contribution in [0.3, 0.4) is 0 Å². The van der Waals surface area contributed by atoms with Crippen LogP contribution in [0.1, 0.15) is 27.3 Å². The van der Waals surface area contributed by atoms with E-state index in [1.165, 1.54) is 0 Å². The van der Waals surface area contributed by atoms with Crippen LogP contribution in [0.2, 0.25) is 0 Å². The van der Waals surface area contributed by atoms with Gasteiger partial charge >= 0.3 is 0 Å². The zero-order valence-corrected chi connectivity index (χ0v) is 10.9. The Morgan fingerprint density at radius 1 is 1.42 bits per heavy atom. The summed E-state index contributed by atoms with van der Waals surface area (Å²) in [5.74, 6) is 0.759. The van der Waals surface area contributed by atoms with Gasteiger partial charge in [-0.1, -0.05) is 0 Å². The molecule has 0 radical (unpaired) electrons. The summed E-state index contributed by atoms with van der Waals surface area (Å²) in [7, 11) is 0. The van der Waals surface area contributed by atoms with Gasteiger partial charge < -0.3 is 10.1 Å². The van der Waals surface area contributed by atoms with Gasteiger partial charge in [0.25, 0.3) is 5.91 Å². The van der Waals surface area contributed by atoms with Crippen molar-refractivity contribution in [2.45, 2.75) is 20.3 Å². The van der Waals surface area contributed by atoms with Crippen molar-refractivity contribution >= 4 is 11.6 Å². The summed E-state index contributed by atoms with van der Waals surface area (Å²) in [5.41, 5.74) is 4.13. The van der Waals surface area contributed by atoms with E-state index in [1.54, 1.807) is 6.07 Å². The van der Waals surface area contributed by atoms with Crippen molar-refractivity contribution in [3.05, 3.63) is 40.7 Å². The number of carbonyl (C=O) groups excluding carboxylic acids is 1. The molecule has 0 aliphatic carbocycles. The third-order valence-corrected chi connectivity index (χ3v) is 3.32. The molecule has 0 spiro atoms. The SMILES string of the molecule is Cc1n[nH]c(C)c1NC(=O)c1ccc2c(c1)CCO2. The molecular formula is C14H15N3O2. The van der Waals surface area contributed by atoms with Gasteiger partial charge in [0.2, 0.25) is 0 Å². The number of ether oxygens (including phenoxy) is 1. The van der Waals surface area contributed by atoms with Crippen LogP contribution in [0.5, 0.6) is 5.75 Å². The van der Waals surface area contributed by atoms with Crippen LogP contribution in [0.15, 0.2) is 18.2 Å². The summed E-state index contributed by atoms with van der Waals surface area (Å²) >= 11 is 0. The number of nitrogens with zero attached hydrogens (tertiary/aromatic N) is 1. The number of anilines is 1. The molecule has 0 saturated carbocycles. The van der Waals surface area contributed by atoms with E-state index in [2.05, 4.69) is 15.5 Å². The van der Waals surface area contributed by atoms with Gasteiger partial charge in [-0.3, -0.25) is 9.89 Å². The van der Waals surface area contributed by atoms with Gasteiger partial charge in [-0.2, -0.15) is 5.10 Å². The number of aryl methyl sites for hydroxylation is 2. The monoisotopic (exact) mass is 257 g/mol. The fourth-order valence-corrected chi connectivity index (χ4v) is 2.25. The highest BCUT2D eigenvalue weighted by molar-refractivity contribution is 6.05. The zero-order valence-electron chi connectivity index (χ0n) is 10.9. The fourth-order valence-electron chi connectivity index (χ4n) is 2.25. The van der Waals surface area contributed by atoms with Crippen LogP contribution in [-0.2, 0) is 6.42 Å². The highest BCUT2D eigenvalue weighted by Gasteiger charge is 2.16. The number of nitrogens with one attached hydrogen (secondary N) is 2. The molecule has 0 atom stereocenters. The molecule has 2 N–H and O–H groups in total. The smallest absolute Gasteiger partial charge is 0.255 e. The summed E-state index contributed by atoms with van der Waals surface area (Å²) in [4.78, 5) is 12.2. The first kappa shape index (κ1) is 11.8. The molecule has 2 aromatic rings.